The molecule has 0 bridgehead atoms. The van der Waals surface area contributed by atoms with Crippen LogP contribution in [-0.4, -0.2) is 45.5 Å². The van der Waals surface area contributed by atoms with E-state index in [-0.39, 0.29) is 0 Å². The third-order valence-electron chi connectivity index (χ3n) is 5.07. The molecular formula is C20H27N5. The first kappa shape index (κ1) is 17.7. The Morgan fingerprint density at radius 3 is 2.88 bits per heavy atom. The van der Waals surface area contributed by atoms with E-state index < -0.39 is 0 Å². The third kappa shape index (κ3) is 4.28. The maximum Gasteiger partial charge on any atom is 0.110 e. The SMILES string of the molecule is CC(C)N(C)Cc1cnc2n1CCN(Cc1cccc(C#N)c1)CC2. The normalized spacial score (nSPS) is 15.2. The highest BCUT2D eigenvalue weighted by Gasteiger charge is 2.18. The molecule has 2 aromatic rings. The Labute approximate surface area is 150 Å². The van der Waals surface area contributed by atoms with Gasteiger partial charge in [0.1, 0.15) is 5.82 Å². The van der Waals surface area contributed by atoms with Crippen LogP contribution in [0, 0.1) is 11.3 Å². The standard InChI is InChI=1S/C20H27N5/c1-16(2)23(3)15-19-13-22-20-7-8-24(9-10-25(19)20)14-18-6-4-5-17(11-18)12-21/h4-6,11,13,16H,7-10,14-15H2,1-3H3. The van der Waals surface area contributed by atoms with Crippen molar-refractivity contribution in [3.05, 3.63) is 53.1 Å². The summed E-state index contributed by atoms with van der Waals surface area (Å²) in [5, 5.41) is 9.07. The molecule has 5 nitrogen and oxygen atoms in total. The predicted octanol–water partition coefficient (Wildman–Crippen LogP) is 2.65. The zero-order chi connectivity index (χ0) is 17.8. The fourth-order valence-electron chi connectivity index (χ4n) is 3.26. The molecule has 5 heteroatoms. The number of nitrogens with zero attached hydrogens (tertiary/aromatic N) is 5. The lowest BCUT2D eigenvalue weighted by molar-refractivity contribution is 0.252. The van der Waals surface area contributed by atoms with Crippen molar-refractivity contribution >= 4 is 0 Å². The third-order valence-corrected chi connectivity index (χ3v) is 5.07. The molecule has 2 heterocycles. The minimum absolute atomic E-state index is 0.529. The molecule has 0 radical (unpaired) electrons. The van der Waals surface area contributed by atoms with Crippen LogP contribution in [0.2, 0.25) is 0 Å². The molecule has 1 aliphatic heterocycles. The van der Waals surface area contributed by atoms with Gasteiger partial charge in [-0.1, -0.05) is 12.1 Å². The molecule has 132 valence electrons. The number of rotatable bonds is 5. The summed E-state index contributed by atoms with van der Waals surface area (Å²) < 4.78 is 2.39. The van der Waals surface area contributed by atoms with E-state index in [9.17, 15) is 0 Å². The van der Waals surface area contributed by atoms with Crippen molar-refractivity contribution in [2.45, 2.75) is 45.9 Å². The average molecular weight is 337 g/mol. The second-order valence-corrected chi connectivity index (χ2v) is 7.16. The summed E-state index contributed by atoms with van der Waals surface area (Å²) in [6.07, 6.45) is 3.02. The Hall–Kier alpha value is -2.16. The van der Waals surface area contributed by atoms with Crippen LogP contribution in [0.3, 0.4) is 0 Å². The van der Waals surface area contributed by atoms with Crippen LogP contribution in [0.25, 0.3) is 0 Å². The summed E-state index contributed by atoms with van der Waals surface area (Å²) in [6, 6.07) is 10.7. The van der Waals surface area contributed by atoms with Gasteiger partial charge in [-0.2, -0.15) is 5.26 Å². The number of fused-ring (bicyclic) bond motifs is 1. The van der Waals surface area contributed by atoms with Gasteiger partial charge in [-0.3, -0.25) is 9.80 Å². The van der Waals surface area contributed by atoms with Gasteiger partial charge < -0.3 is 4.57 Å². The highest BCUT2D eigenvalue weighted by atomic mass is 15.2. The molecule has 0 N–H and O–H groups in total. The van der Waals surface area contributed by atoms with E-state index >= 15 is 0 Å². The van der Waals surface area contributed by atoms with Crippen molar-refractivity contribution in [3.8, 4) is 6.07 Å². The fraction of sp³-hybridized carbons (Fsp3) is 0.500. The molecule has 0 amide bonds. The number of aromatic nitrogens is 2. The summed E-state index contributed by atoms with van der Waals surface area (Å²) in [5.74, 6) is 1.19. The minimum Gasteiger partial charge on any atom is -0.329 e. The van der Waals surface area contributed by atoms with Crippen molar-refractivity contribution in [1.82, 2.24) is 19.4 Å². The summed E-state index contributed by atoms with van der Waals surface area (Å²) >= 11 is 0. The van der Waals surface area contributed by atoms with Crippen LogP contribution >= 0.6 is 0 Å². The van der Waals surface area contributed by atoms with E-state index in [1.165, 1.54) is 17.1 Å². The van der Waals surface area contributed by atoms with Crippen molar-refractivity contribution < 1.29 is 0 Å². The van der Waals surface area contributed by atoms with Gasteiger partial charge in [0.15, 0.2) is 0 Å². The van der Waals surface area contributed by atoms with Gasteiger partial charge in [0.05, 0.1) is 17.3 Å². The van der Waals surface area contributed by atoms with E-state index in [1.807, 2.05) is 24.4 Å². The Morgan fingerprint density at radius 1 is 1.28 bits per heavy atom. The average Bonchev–Trinajstić information content (AvgIpc) is 2.87. The molecule has 25 heavy (non-hydrogen) atoms. The highest BCUT2D eigenvalue weighted by molar-refractivity contribution is 5.32. The molecule has 1 aromatic carbocycles. The molecule has 3 rings (SSSR count). The van der Waals surface area contributed by atoms with E-state index in [4.69, 9.17) is 5.26 Å². The van der Waals surface area contributed by atoms with Gasteiger partial charge in [-0.15, -0.1) is 0 Å². The largest absolute Gasteiger partial charge is 0.329 e. The summed E-state index contributed by atoms with van der Waals surface area (Å²) in [6.45, 7) is 9.27. The first-order valence-electron chi connectivity index (χ1n) is 9.01. The lowest BCUT2D eigenvalue weighted by Crippen LogP contribution is -2.28. The maximum atomic E-state index is 9.07. The zero-order valence-electron chi connectivity index (χ0n) is 15.4. The van der Waals surface area contributed by atoms with Gasteiger partial charge in [0.25, 0.3) is 0 Å². The highest BCUT2D eigenvalue weighted by Crippen LogP contribution is 2.16. The number of hydrogen-bond acceptors (Lipinski definition) is 4. The maximum absolute atomic E-state index is 9.07. The molecule has 1 aromatic heterocycles. The first-order chi connectivity index (χ1) is 12.1. The quantitative estimate of drug-likeness (QED) is 0.841. The predicted molar refractivity (Wildman–Crippen MR) is 99.0 cm³/mol. The number of imidazole rings is 1. The van der Waals surface area contributed by atoms with E-state index in [1.54, 1.807) is 0 Å². The van der Waals surface area contributed by atoms with Crippen molar-refractivity contribution in [3.63, 3.8) is 0 Å². The van der Waals surface area contributed by atoms with Gasteiger partial charge in [0, 0.05) is 51.4 Å². The molecule has 0 aliphatic carbocycles. The number of hydrogen-bond donors (Lipinski definition) is 0. The smallest absolute Gasteiger partial charge is 0.110 e. The number of benzene rings is 1. The summed E-state index contributed by atoms with van der Waals surface area (Å²) in [4.78, 5) is 9.47. The van der Waals surface area contributed by atoms with Gasteiger partial charge in [0.2, 0.25) is 0 Å². The second-order valence-electron chi connectivity index (χ2n) is 7.16. The van der Waals surface area contributed by atoms with Crippen molar-refractivity contribution in [1.29, 1.82) is 5.26 Å². The van der Waals surface area contributed by atoms with Gasteiger partial charge in [-0.05, 0) is 38.6 Å². The molecule has 0 spiro atoms. The van der Waals surface area contributed by atoms with Crippen LogP contribution < -0.4 is 0 Å². The van der Waals surface area contributed by atoms with Crippen molar-refractivity contribution in [2.24, 2.45) is 0 Å². The molecule has 1 aliphatic rings. The molecule has 0 fully saturated rings. The molecule has 0 saturated heterocycles. The van der Waals surface area contributed by atoms with Crippen LogP contribution in [0.1, 0.15) is 36.5 Å². The van der Waals surface area contributed by atoms with Gasteiger partial charge >= 0.3 is 0 Å². The minimum atomic E-state index is 0.529. The van der Waals surface area contributed by atoms with Crippen LogP contribution in [0.15, 0.2) is 30.5 Å². The van der Waals surface area contributed by atoms with Gasteiger partial charge in [-0.25, -0.2) is 4.98 Å². The molecule has 0 saturated carbocycles. The number of nitriles is 1. The first-order valence-corrected chi connectivity index (χ1v) is 9.01. The zero-order valence-corrected chi connectivity index (χ0v) is 15.4. The summed E-state index contributed by atoms with van der Waals surface area (Å²) in [5.41, 5.74) is 3.25. The Balaban J connectivity index is 1.66. The van der Waals surface area contributed by atoms with Crippen molar-refractivity contribution in [2.75, 3.05) is 20.1 Å². The van der Waals surface area contributed by atoms with E-state index in [0.29, 0.717) is 6.04 Å². The molecule has 0 atom stereocenters. The molecule has 0 unspecified atom stereocenters. The fourth-order valence-corrected chi connectivity index (χ4v) is 3.26. The second kappa shape index (κ2) is 7.81. The summed E-state index contributed by atoms with van der Waals surface area (Å²) in [7, 11) is 2.16. The van der Waals surface area contributed by atoms with Crippen LogP contribution in [0.5, 0.6) is 0 Å². The van der Waals surface area contributed by atoms with E-state index in [0.717, 1.165) is 44.7 Å². The van der Waals surface area contributed by atoms with E-state index in [2.05, 4.69) is 52.4 Å². The van der Waals surface area contributed by atoms with Crippen LogP contribution in [-0.2, 0) is 26.1 Å². The molecular weight excluding hydrogens is 310 g/mol. The monoisotopic (exact) mass is 337 g/mol. The Kier molecular flexibility index (Phi) is 5.52. The lowest BCUT2D eigenvalue weighted by atomic mass is 10.1. The van der Waals surface area contributed by atoms with Crippen LogP contribution in [0.4, 0.5) is 0 Å². The Bertz CT molecular complexity index is 756. The Morgan fingerprint density at radius 2 is 2.12 bits per heavy atom. The topological polar surface area (TPSA) is 48.1 Å². The lowest BCUT2D eigenvalue weighted by Gasteiger charge is -2.22.